The Kier molecular flexibility index (Phi) is 10.1. The summed E-state index contributed by atoms with van der Waals surface area (Å²) in [6.07, 6.45) is 14.9. The number of hydrogen-bond acceptors (Lipinski definition) is 2. The topological polar surface area (TPSA) is 46.2 Å². The van der Waals surface area contributed by atoms with E-state index in [9.17, 15) is 5.11 Å². The molecule has 0 aliphatic rings. The van der Waals surface area contributed by atoms with Crippen molar-refractivity contribution >= 4 is 0 Å². The maximum atomic E-state index is 9.42. The molecule has 2 atom stereocenters. The first kappa shape index (κ1) is 15.1. The van der Waals surface area contributed by atoms with Crippen molar-refractivity contribution in [2.24, 2.45) is 5.73 Å². The summed E-state index contributed by atoms with van der Waals surface area (Å²) in [6, 6.07) is -0.160. The smallest absolute Gasteiger partial charge is 0.0722 e. The van der Waals surface area contributed by atoms with Crippen LogP contribution in [0.1, 0.15) is 39.0 Å². The SMILES string of the molecule is C=CCCCC/C=C/C=C/C[C@H](O)[C@H](C)N. The highest BCUT2D eigenvalue weighted by atomic mass is 16.3. The number of allylic oxidation sites excluding steroid dienone is 4. The van der Waals surface area contributed by atoms with E-state index < -0.39 is 6.10 Å². The van der Waals surface area contributed by atoms with Crippen LogP contribution in [0.2, 0.25) is 0 Å². The number of nitrogens with two attached hydrogens (primary N) is 1. The first-order valence-electron chi connectivity index (χ1n) is 6.04. The molecule has 2 heteroatoms. The van der Waals surface area contributed by atoms with Gasteiger partial charge in [0.1, 0.15) is 0 Å². The van der Waals surface area contributed by atoms with Crippen LogP contribution in [-0.2, 0) is 0 Å². The predicted molar refractivity (Wildman–Crippen MR) is 71.2 cm³/mol. The van der Waals surface area contributed by atoms with E-state index >= 15 is 0 Å². The van der Waals surface area contributed by atoms with Crippen molar-refractivity contribution in [1.29, 1.82) is 0 Å². The van der Waals surface area contributed by atoms with Crippen LogP contribution in [0.4, 0.5) is 0 Å². The molecular formula is C14H25NO. The maximum absolute atomic E-state index is 9.42. The van der Waals surface area contributed by atoms with E-state index in [1.807, 2.05) is 31.2 Å². The number of hydrogen-bond donors (Lipinski definition) is 2. The van der Waals surface area contributed by atoms with Crippen LogP contribution in [0.15, 0.2) is 37.0 Å². The van der Waals surface area contributed by atoms with Gasteiger partial charge in [-0.05, 0) is 39.0 Å². The minimum atomic E-state index is -0.433. The molecule has 0 aliphatic heterocycles. The lowest BCUT2D eigenvalue weighted by Crippen LogP contribution is -2.30. The molecular weight excluding hydrogens is 198 g/mol. The molecule has 0 heterocycles. The van der Waals surface area contributed by atoms with Crippen LogP contribution in [0.5, 0.6) is 0 Å². The van der Waals surface area contributed by atoms with Gasteiger partial charge in [-0.25, -0.2) is 0 Å². The summed E-state index contributed by atoms with van der Waals surface area (Å²) in [4.78, 5) is 0. The highest BCUT2D eigenvalue weighted by molar-refractivity contribution is 5.03. The molecule has 0 aromatic heterocycles. The van der Waals surface area contributed by atoms with E-state index in [0.29, 0.717) is 6.42 Å². The van der Waals surface area contributed by atoms with Gasteiger partial charge >= 0.3 is 0 Å². The second kappa shape index (κ2) is 10.7. The van der Waals surface area contributed by atoms with Crippen LogP contribution >= 0.6 is 0 Å². The molecule has 3 N–H and O–H groups in total. The van der Waals surface area contributed by atoms with Gasteiger partial charge < -0.3 is 10.8 Å². The van der Waals surface area contributed by atoms with Crippen molar-refractivity contribution < 1.29 is 5.11 Å². The average molecular weight is 223 g/mol. The van der Waals surface area contributed by atoms with Crippen LogP contribution in [0, 0.1) is 0 Å². The van der Waals surface area contributed by atoms with E-state index in [1.165, 1.54) is 12.8 Å². The summed E-state index contributed by atoms with van der Waals surface area (Å²) in [6.45, 7) is 5.50. The Balaban J connectivity index is 3.44. The lowest BCUT2D eigenvalue weighted by Gasteiger charge is -2.10. The zero-order valence-electron chi connectivity index (χ0n) is 10.3. The summed E-state index contributed by atoms with van der Waals surface area (Å²) < 4.78 is 0. The summed E-state index contributed by atoms with van der Waals surface area (Å²) in [5.74, 6) is 0. The molecule has 2 nitrogen and oxygen atoms in total. The van der Waals surface area contributed by atoms with E-state index in [4.69, 9.17) is 5.73 Å². The van der Waals surface area contributed by atoms with Crippen LogP contribution in [0.3, 0.4) is 0 Å². The van der Waals surface area contributed by atoms with Crippen LogP contribution < -0.4 is 5.73 Å². The highest BCUT2D eigenvalue weighted by Crippen LogP contribution is 2.01. The molecule has 0 rings (SSSR count). The summed E-state index contributed by atoms with van der Waals surface area (Å²) in [7, 11) is 0. The molecule has 92 valence electrons. The van der Waals surface area contributed by atoms with Gasteiger partial charge in [-0.2, -0.15) is 0 Å². The molecule has 0 bridgehead atoms. The van der Waals surface area contributed by atoms with Crippen molar-refractivity contribution in [1.82, 2.24) is 0 Å². The van der Waals surface area contributed by atoms with Gasteiger partial charge in [0, 0.05) is 6.04 Å². The predicted octanol–water partition coefficient (Wildman–Crippen LogP) is 2.94. The fourth-order valence-corrected chi connectivity index (χ4v) is 1.24. The third-order valence-corrected chi connectivity index (χ3v) is 2.40. The van der Waals surface area contributed by atoms with Gasteiger partial charge in [-0.3, -0.25) is 0 Å². The molecule has 0 aliphatic carbocycles. The van der Waals surface area contributed by atoms with Crippen molar-refractivity contribution in [3.05, 3.63) is 37.0 Å². The molecule has 0 saturated heterocycles. The molecule has 0 fully saturated rings. The van der Waals surface area contributed by atoms with E-state index in [0.717, 1.165) is 12.8 Å². The van der Waals surface area contributed by atoms with Crippen molar-refractivity contribution in [2.45, 2.75) is 51.2 Å². The molecule has 0 aromatic carbocycles. The fraction of sp³-hybridized carbons (Fsp3) is 0.571. The summed E-state index contributed by atoms with van der Waals surface area (Å²) in [5, 5.41) is 9.42. The first-order chi connectivity index (χ1) is 7.68. The molecule has 0 aromatic rings. The van der Waals surface area contributed by atoms with E-state index in [2.05, 4.69) is 12.7 Å². The molecule has 16 heavy (non-hydrogen) atoms. The summed E-state index contributed by atoms with van der Waals surface area (Å²) >= 11 is 0. The third kappa shape index (κ3) is 9.69. The quantitative estimate of drug-likeness (QED) is 0.358. The number of rotatable bonds is 9. The van der Waals surface area contributed by atoms with Gasteiger partial charge in [-0.15, -0.1) is 6.58 Å². The Bertz CT molecular complexity index is 219. The van der Waals surface area contributed by atoms with Crippen LogP contribution in [-0.4, -0.2) is 17.3 Å². The minimum absolute atomic E-state index is 0.160. The lowest BCUT2D eigenvalue weighted by atomic mass is 10.1. The van der Waals surface area contributed by atoms with Crippen molar-refractivity contribution in [2.75, 3.05) is 0 Å². The number of aliphatic hydroxyl groups excluding tert-OH is 1. The Morgan fingerprint density at radius 3 is 2.44 bits per heavy atom. The van der Waals surface area contributed by atoms with Gasteiger partial charge in [0.05, 0.1) is 6.10 Å². The Labute approximate surface area is 99.5 Å². The van der Waals surface area contributed by atoms with Crippen molar-refractivity contribution in [3.8, 4) is 0 Å². The van der Waals surface area contributed by atoms with Gasteiger partial charge in [-0.1, -0.05) is 30.4 Å². The zero-order chi connectivity index (χ0) is 12.2. The number of unbranched alkanes of at least 4 members (excludes halogenated alkanes) is 3. The second-order valence-electron chi connectivity index (χ2n) is 4.09. The monoisotopic (exact) mass is 223 g/mol. The first-order valence-corrected chi connectivity index (χ1v) is 6.04. The molecule has 0 radical (unpaired) electrons. The molecule has 0 unspecified atom stereocenters. The lowest BCUT2D eigenvalue weighted by molar-refractivity contribution is 0.154. The van der Waals surface area contributed by atoms with Gasteiger partial charge in [0.2, 0.25) is 0 Å². The zero-order valence-corrected chi connectivity index (χ0v) is 10.3. The minimum Gasteiger partial charge on any atom is -0.391 e. The Hall–Kier alpha value is -0.860. The molecule has 0 saturated carbocycles. The number of aliphatic hydroxyl groups is 1. The average Bonchev–Trinajstić information content (AvgIpc) is 2.26. The molecule has 0 amide bonds. The second-order valence-corrected chi connectivity index (χ2v) is 4.09. The normalized spacial score (nSPS) is 15.7. The fourth-order valence-electron chi connectivity index (χ4n) is 1.24. The third-order valence-electron chi connectivity index (χ3n) is 2.40. The van der Waals surface area contributed by atoms with Crippen LogP contribution in [0.25, 0.3) is 0 Å². The van der Waals surface area contributed by atoms with Gasteiger partial charge in [0.25, 0.3) is 0 Å². The Morgan fingerprint density at radius 2 is 1.81 bits per heavy atom. The molecule has 0 spiro atoms. The largest absolute Gasteiger partial charge is 0.391 e. The van der Waals surface area contributed by atoms with E-state index in [1.54, 1.807) is 0 Å². The van der Waals surface area contributed by atoms with E-state index in [-0.39, 0.29) is 6.04 Å². The highest BCUT2D eigenvalue weighted by Gasteiger charge is 2.05. The standard InChI is InChI=1S/C14H25NO/c1-3-4-5-6-7-8-9-10-11-12-14(16)13(2)15/h3,8-11,13-14,16H,1,4-7,12,15H2,2H3/b9-8+,11-10+/t13-,14-/m0/s1. The van der Waals surface area contributed by atoms with Crippen molar-refractivity contribution in [3.63, 3.8) is 0 Å². The summed E-state index contributed by atoms with van der Waals surface area (Å²) in [5.41, 5.74) is 5.53. The Morgan fingerprint density at radius 1 is 1.19 bits per heavy atom. The maximum Gasteiger partial charge on any atom is 0.0722 e. The van der Waals surface area contributed by atoms with Gasteiger partial charge in [0.15, 0.2) is 0 Å².